The molecule has 1 heterocycles. The molecule has 0 atom stereocenters. The van der Waals surface area contributed by atoms with Crippen molar-refractivity contribution >= 4 is 50.7 Å². The predicted octanol–water partition coefficient (Wildman–Crippen LogP) is 4.06. The zero-order chi connectivity index (χ0) is 20.8. The number of phenols is 1. The highest BCUT2D eigenvalue weighted by Crippen LogP contribution is 2.28. The number of hydrogen-bond donors (Lipinski definition) is 2. The fourth-order valence-electron chi connectivity index (χ4n) is 3.37. The molecular weight excluding hydrogens is 454 g/mol. The van der Waals surface area contributed by atoms with Crippen LogP contribution >= 0.6 is 27.7 Å². The van der Waals surface area contributed by atoms with E-state index in [9.17, 15) is 14.7 Å². The second-order valence-corrected chi connectivity index (χ2v) is 8.88. The monoisotopic (exact) mass is 477 g/mol. The summed E-state index contributed by atoms with van der Waals surface area (Å²) in [7, 11) is 0. The Labute approximate surface area is 183 Å². The maximum Gasteiger partial charge on any atom is 0.278 e. The normalized spacial score (nSPS) is 18.8. The fraction of sp³-hybridized carbons (Fsp3) is 0.381. The van der Waals surface area contributed by atoms with E-state index in [1.165, 1.54) is 23.1 Å². The third-order valence-corrected chi connectivity index (χ3v) is 6.28. The van der Waals surface area contributed by atoms with Crippen molar-refractivity contribution in [2.24, 2.45) is 4.99 Å². The first-order chi connectivity index (χ1) is 14.0. The Morgan fingerprint density at radius 3 is 2.86 bits per heavy atom. The van der Waals surface area contributed by atoms with Gasteiger partial charge in [-0.05, 0) is 37.1 Å². The number of benzene rings is 1. The van der Waals surface area contributed by atoms with Crippen molar-refractivity contribution in [2.75, 3.05) is 12.3 Å². The Morgan fingerprint density at radius 2 is 2.14 bits per heavy atom. The van der Waals surface area contributed by atoms with Crippen LogP contribution < -0.4 is 5.32 Å². The minimum atomic E-state index is -0.278. The number of nitrogens with zero attached hydrogens (tertiary/aromatic N) is 2. The maximum absolute atomic E-state index is 12.8. The molecule has 0 radical (unpaired) electrons. The largest absolute Gasteiger partial charge is 0.507 e. The topological polar surface area (TPSA) is 82.0 Å². The second-order valence-electron chi connectivity index (χ2n) is 7.02. The number of aliphatic imine (C=N–C) groups is 1. The fourth-order valence-corrected chi connectivity index (χ4v) is 4.56. The number of rotatable bonds is 6. The molecule has 1 saturated carbocycles. The predicted molar refractivity (Wildman–Crippen MR) is 121 cm³/mol. The molecule has 1 fully saturated rings. The van der Waals surface area contributed by atoms with Gasteiger partial charge in [-0.15, -0.1) is 6.58 Å². The van der Waals surface area contributed by atoms with Crippen LogP contribution in [0.5, 0.6) is 5.75 Å². The van der Waals surface area contributed by atoms with E-state index in [0.717, 1.165) is 30.2 Å². The number of amides is 2. The molecule has 0 saturated heterocycles. The van der Waals surface area contributed by atoms with Gasteiger partial charge in [0.15, 0.2) is 5.17 Å². The molecule has 0 bridgehead atoms. The van der Waals surface area contributed by atoms with E-state index in [1.807, 2.05) is 0 Å². The van der Waals surface area contributed by atoms with Crippen LogP contribution in [0.2, 0.25) is 0 Å². The Morgan fingerprint density at radius 1 is 1.38 bits per heavy atom. The molecule has 0 spiro atoms. The summed E-state index contributed by atoms with van der Waals surface area (Å²) in [6.45, 7) is 4.00. The first-order valence-electron chi connectivity index (χ1n) is 9.61. The van der Waals surface area contributed by atoms with Gasteiger partial charge in [-0.2, -0.15) is 0 Å². The van der Waals surface area contributed by atoms with Crippen LogP contribution in [-0.4, -0.2) is 45.3 Å². The lowest BCUT2D eigenvalue weighted by Gasteiger charge is -2.22. The molecule has 8 heteroatoms. The number of halogens is 1. The summed E-state index contributed by atoms with van der Waals surface area (Å²) in [6.07, 6.45) is 8.78. The van der Waals surface area contributed by atoms with E-state index in [-0.39, 0.29) is 35.1 Å². The summed E-state index contributed by atoms with van der Waals surface area (Å²) in [4.78, 5) is 31.0. The average Bonchev–Trinajstić information content (AvgIpc) is 2.99. The highest BCUT2D eigenvalue weighted by molar-refractivity contribution is 9.10. The number of hydrogen-bond acceptors (Lipinski definition) is 5. The van der Waals surface area contributed by atoms with E-state index >= 15 is 0 Å². The SMILES string of the molecule is C=CCN1C(=O)/C(=C\c2cc(Br)ccc2O)N=C1SCC(=O)NC1CCCCC1. The Balaban J connectivity index is 1.71. The Bertz CT molecular complexity index is 863. The number of carbonyl (C=O) groups excluding carboxylic acids is 2. The summed E-state index contributed by atoms with van der Waals surface area (Å²) in [5.41, 5.74) is 0.710. The zero-order valence-electron chi connectivity index (χ0n) is 16.1. The van der Waals surface area contributed by atoms with Gasteiger partial charge in [0.1, 0.15) is 11.4 Å². The molecule has 2 aliphatic rings. The van der Waals surface area contributed by atoms with Crippen LogP contribution in [-0.2, 0) is 9.59 Å². The number of phenolic OH excluding ortho intramolecular Hbond substituents is 1. The van der Waals surface area contributed by atoms with E-state index < -0.39 is 0 Å². The van der Waals surface area contributed by atoms with Crippen LogP contribution in [0.3, 0.4) is 0 Å². The van der Waals surface area contributed by atoms with Crippen molar-refractivity contribution < 1.29 is 14.7 Å². The summed E-state index contributed by atoms with van der Waals surface area (Å²) >= 11 is 4.59. The minimum Gasteiger partial charge on any atom is -0.507 e. The minimum absolute atomic E-state index is 0.0438. The van der Waals surface area contributed by atoms with E-state index in [4.69, 9.17) is 0 Å². The van der Waals surface area contributed by atoms with Crippen molar-refractivity contribution in [1.82, 2.24) is 10.2 Å². The molecule has 2 amide bonds. The Hall–Kier alpha value is -2.06. The zero-order valence-corrected chi connectivity index (χ0v) is 18.5. The molecule has 1 aliphatic heterocycles. The van der Waals surface area contributed by atoms with E-state index in [1.54, 1.807) is 30.4 Å². The molecule has 3 rings (SSSR count). The van der Waals surface area contributed by atoms with Gasteiger partial charge in [0.05, 0.1) is 5.75 Å². The van der Waals surface area contributed by atoms with Crippen LogP contribution in [0.1, 0.15) is 37.7 Å². The van der Waals surface area contributed by atoms with Crippen LogP contribution in [0.25, 0.3) is 6.08 Å². The van der Waals surface area contributed by atoms with Gasteiger partial charge in [0.2, 0.25) is 5.91 Å². The number of aromatic hydroxyl groups is 1. The molecule has 2 N–H and O–H groups in total. The Kier molecular flexibility index (Phi) is 7.55. The molecule has 0 aromatic heterocycles. The van der Waals surface area contributed by atoms with Gasteiger partial charge in [0, 0.05) is 22.6 Å². The lowest BCUT2D eigenvalue weighted by atomic mass is 9.95. The number of carbonyl (C=O) groups is 2. The molecule has 1 aromatic rings. The molecule has 1 aliphatic carbocycles. The molecule has 1 aromatic carbocycles. The first-order valence-corrected chi connectivity index (χ1v) is 11.4. The highest BCUT2D eigenvalue weighted by Gasteiger charge is 2.30. The van der Waals surface area contributed by atoms with Crippen molar-refractivity contribution in [3.8, 4) is 5.75 Å². The molecule has 0 unspecified atom stereocenters. The molecule has 6 nitrogen and oxygen atoms in total. The van der Waals surface area contributed by atoms with Crippen molar-refractivity contribution in [3.63, 3.8) is 0 Å². The highest BCUT2D eigenvalue weighted by atomic mass is 79.9. The van der Waals surface area contributed by atoms with Crippen molar-refractivity contribution in [1.29, 1.82) is 0 Å². The lowest BCUT2D eigenvalue weighted by Crippen LogP contribution is -2.38. The summed E-state index contributed by atoms with van der Waals surface area (Å²) in [5.74, 6) is -0.0601. The van der Waals surface area contributed by atoms with Gasteiger partial charge in [-0.25, -0.2) is 4.99 Å². The van der Waals surface area contributed by atoms with Crippen LogP contribution in [0, 0.1) is 0 Å². The van der Waals surface area contributed by atoms with Gasteiger partial charge in [-0.1, -0.05) is 53.0 Å². The summed E-state index contributed by atoms with van der Waals surface area (Å²) in [5, 5.41) is 13.6. The van der Waals surface area contributed by atoms with Crippen molar-refractivity contribution in [2.45, 2.75) is 38.1 Å². The van der Waals surface area contributed by atoms with E-state index in [2.05, 4.69) is 32.8 Å². The van der Waals surface area contributed by atoms with Crippen molar-refractivity contribution in [3.05, 3.63) is 46.6 Å². The number of nitrogens with one attached hydrogen (secondary N) is 1. The van der Waals surface area contributed by atoms with Gasteiger partial charge in [0.25, 0.3) is 5.91 Å². The quantitative estimate of drug-likeness (QED) is 0.477. The smallest absolute Gasteiger partial charge is 0.278 e. The summed E-state index contributed by atoms with van der Waals surface area (Å²) in [6, 6.07) is 5.23. The van der Waals surface area contributed by atoms with Gasteiger partial charge in [-0.3, -0.25) is 14.5 Å². The third kappa shape index (κ3) is 5.73. The van der Waals surface area contributed by atoms with Crippen LogP contribution in [0.4, 0.5) is 0 Å². The van der Waals surface area contributed by atoms with E-state index in [0.29, 0.717) is 17.3 Å². The summed E-state index contributed by atoms with van der Waals surface area (Å²) < 4.78 is 0.786. The number of amidine groups is 1. The van der Waals surface area contributed by atoms with Crippen LogP contribution in [0.15, 0.2) is 46.0 Å². The molecule has 29 heavy (non-hydrogen) atoms. The first kappa shape index (κ1) is 21.6. The third-order valence-electron chi connectivity index (χ3n) is 4.81. The average molecular weight is 478 g/mol. The lowest BCUT2D eigenvalue weighted by molar-refractivity contribution is -0.122. The maximum atomic E-state index is 12.8. The standard InChI is InChI=1S/C21H24BrN3O3S/c1-2-10-25-20(28)17(12-14-11-15(22)8-9-18(14)26)24-21(25)29-13-19(27)23-16-6-4-3-5-7-16/h2,8-9,11-12,16,26H,1,3-7,10,13H2,(H,23,27)/b17-12+. The van der Waals surface area contributed by atoms with Gasteiger partial charge < -0.3 is 10.4 Å². The second kappa shape index (κ2) is 10.1. The molecular formula is C21H24BrN3O3S. The molecule has 154 valence electrons. The van der Waals surface area contributed by atoms with Gasteiger partial charge >= 0.3 is 0 Å². The number of thioether (sulfide) groups is 1.